The van der Waals surface area contributed by atoms with Crippen LogP contribution in [0.15, 0.2) is 48.5 Å². The molecule has 0 aliphatic carbocycles. The van der Waals surface area contributed by atoms with Gasteiger partial charge in [0.2, 0.25) is 5.91 Å². The van der Waals surface area contributed by atoms with Gasteiger partial charge in [0.15, 0.2) is 0 Å². The highest BCUT2D eigenvalue weighted by Crippen LogP contribution is 2.26. The highest BCUT2D eigenvalue weighted by Gasteiger charge is 2.34. The summed E-state index contributed by atoms with van der Waals surface area (Å²) in [7, 11) is 3.11. The van der Waals surface area contributed by atoms with Gasteiger partial charge in [0.1, 0.15) is 11.8 Å². The van der Waals surface area contributed by atoms with Gasteiger partial charge in [0, 0.05) is 32.3 Å². The van der Waals surface area contributed by atoms with Crippen molar-refractivity contribution in [3.63, 3.8) is 0 Å². The topological polar surface area (TPSA) is 97.0 Å². The molecule has 2 aromatic rings. The largest absolute Gasteiger partial charge is 0.496 e. The lowest BCUT2D eigenvalue weighted by Crippen LogP contribution is -2.54. The molecule has 1 aliphatic rings. The normalized spacial score (nSPS) is 14.9. The van der Waals surface area contributed by atoms with E-state index in [1.807, 2.05) is 31.2 Å². The number of carbonyl (C=O) groups is 3. The maximum absolute atomic E-state index is 13.0. The Morgan fingerprint density at radius 1 is 1.00 bits per heavy atom. The fraction of sp³-hybridized carbons (Fsp3) is 0.423. The van der Waals surface area contributed by atoms with Crippen molar-refractivity contribution in [2.24, 2.45) is 5.92 Å². The fourth-order valence-corrected chi connectivity index (χ4v) is 4.26. The maximum Gasteiger partial charge on any atom is 0.257 e. The number of para-hydroxylation sites is 1. The summed E-state index contributed by atoms with van der Waals surface area (Å²) in [6.45, 7) is 3.59. The van der Waals surface area contributed by atoms with Crippen LogP contribution in [0, 0.1) is 12.8 Å². The van der Waals surface area contributed by atoms with Crippen LogP contribution in [-0.4, -0.2) is 69.1 Å². The molecule has 3 rings (SSSR count). The summed E-state index contributed by atoms with van der Waals surface area (Å²) in [6, 6.07) is 13.7. The first-order valence-corrected chi connectivity index (χ1v) is 11.5. The SMILES string of the molecule is COCCNC(=O)C(NC(=O)c1ccccc1C)C1CCN(C(=O)c2ccccc2OC)CC1. The number of hydrogen-bond acceptors (Lipinski definition) is 5. The Bertz CT molecular complexity index is 1000. The predicted molar refractivity (Wildman–Crippen MR) is 129 cm³/mol. The van der Waals surface area contributed by atoms with Crippen molar-refractivity contribution in [2.45, 2.75) is 25.8 Å². The molecule has 1 heterocycles. The Labute approximate surface area is 200 Å². The summed E-state index contributed by atoms with van der Waals surface area (Å²) < 4.78 is 10.4. The molecule has 1 aliphatic heterocycles. The van der Waals surface area contributed by atoms with E-state index in [1.165, 1.54) is 0 Å². The third kappa shape index (κ3) is 6.14. The van der Waals surface area contributed by atoms with Crippen molar-refractivity contribution in [3.05, 3.63) is 65.2 Å². The lowest BCUT2D eigenvalue weighted by atomic mass is 9.88. The van der Waals surface area contributed by atoms with Crippen LogP contribution in [0.25, 0.3) is 0 Å². The molecule has 1 unspecified atom stereocenters. The number of carbonyl (C=O) groups excluding carboxylic acids is 3. The molecule has 34 heavy (non-hydrogen) atoms. The summed E-state index contributed by atoms with van der Waals surface area (Å²) in [6.07, 6.45) is 1.19. The zero-order valence-electron chi connectivity index (χ0n) is 20.0. The van der Waals surface area contributed by atoms with Gasteiger partial charge in [-0.15, -0.1) is 0 Å². The van der Waals surface area contributed by atoms with Crippen molar-refractivity contribution >= 4 is 17.7 Å². The molecule has 0 saturated carbocycles. The summed E-state index contributed by atoms with van der Waals surface area (Å²) in [5, 5.41) is 5.80. The molecule has 8 nitrogen and oxygen atoms in total. The summed E-state index contributed by atoms with van der Waals surface area (Å²) in [5.41, 5.74) is 1.90. The molecule has 3 amide bonds. The third-order valence-electron chi connectivity index (χ3n) is 6.20. The first kappa shape index (κ1) is 25.2. The number of methoxy groups -OCH3 is 2. The van der Waals surface area contributed by atoms with Crippen LogP contribution in [0.1, 0.15) is 39.1 Å². The first-order chi connectivity index (χ1) is 16.5. The molecular weight excluding hydrogens is 434 g/mol. The predicted octanol–water partition coefficient (Wildman–Crippen LogP) is 2.42. The van der Waals surface area contributed by atoms with Gasteiger partial charge in [0.25, 0.3) is 11.8 Å². The van der Waals surface area contributed by atoms with Crippen molar-refractivity contribution < 1.29 is 23.9 Å². The number of likely N-dealkylation sites (tertiary alicyclic amines) is 1. The van der Waals surface area contributed by atoms with Gasteiger partial charge in [-0.1, -0.05) is 30.3 Å². The number of hydrogen-bond donors (Lipinski definition) is 2. The second-order valence-corrected chi connectivity index (χ2v) is 8.38. The van der Waals surface area contributed by atoms with Gasteiger partial charge in [0.05, 0.1) is 19.3 Å². The van der Waals surface area contributed by atoms with Crippen LogP contribution in [0.4, 0.5) is 0 Å². The average Bonchev–Trinajstić information content (AvgIpc) is 2.87. The molecule has 8 heteroatoms. The van der Waals surface area contributed by atoms with E-state index >= 15 is 0 Å². The van der Waals surface area contributed by atoms with Crippen LogP contribution >= 0.6 is 0 Å². The van der Waals surface area contributed by atoms with Crippen molar-refractivity contribution in [1.82, 2.24) is 15.5 Å². The van der Waals surface area contributed by atoms with E-state index < -0.39 is 6.04 Å². The number of amides is 3. The number of aryl methyl sites for hydroxylation is 1. The molecule has 1 atom stereocenters. The fourth-order valence-electron chi connectivity index (χ4n) is 4.26. The molecule has 182 valence electrons. The molecule has 0 radical (unpaired) electrons. The Balaban J connectivity index is 1.70. The van der Waals surface area contributed by atoms with Crippen LogP contribution in [-0.2, 0) is 9.53 Å². The molecule has 0 spiro atoms. The van der Waals surface area contributed by atoms with Crippen molar-refractivity contribution in [3.8, 4) is 5.75 Å². The minimum atomic E-state index is -0.701. The summed E-state index contributed by atoms with van der Waals surface area (Å²) >= 11 is 0. The monoisotopic (exact) mass is 467 g/mol. The Hall–Kier alpha value is -3.39. The standard InChI is InChI=1S/C26H33N3O5/c1-18-8-4-5-9-20(18)24(30)28-23(25(31)27-14-17-33-2)19-12-15-29(16-13-19)26(32)21-10-6-7-11-22(21)34-3/h4-11,19,23H,12-17H2,1-3H3,(H,27,31)(H,28,30). The molecular formula is C26H33N3O5. The maximum atomic E-state index is 13.0. The molecule has 0 bridgehead atoms. The van der Waals surface area contributed by atoms with Gasteiger partial charge >= 0.3 is 0 Å². The van der Waals surface area contributed by atoms with Crippen LogP contribution in [0.3, 0.4) is 0 Å². The van der Waals surface area contributed by atoms with Crippen LogP contribution in [0.2, 0.25) is 0 Å². The zero-order chi connectivity index (χ0) is 24.5. The van der Waals surface area contributed by atoms with Gasteiger partial charge in [-0.2, -0.15) is 0 Å². The lowest BCUT2D eigenvalue weighted by molar-refractivity contribution is -0.124. The second-order valence-electron chi connectivity index (χ2n) is 8.38. The quantitative estimate of drug-likeness (QED) is 0.552. The highest BCUT2D eigenvalue weighted by atomic mass is 16.5. The number of nitrogens with one attached hydrogen (secondary N) is 2. The number of rotatable bonds is 9. The van der Waals surface area contributed by atoms with E-state index in [1.54, 1.807) is 43.4 Å². The molecule has 1 fully saturated rings. The van der Waals surface area contributed by atoms with E-state index in [4.69, 9.17) is 9.47 Å². The molecule has 2 N–H and O–H groups in total. The zero-order valence-corrected chi connectivity index (χ0v) is 20.0. The minimum Gasteiger partial charge on any atom is -0.496 e. The third-order valence-corrected chi connectivity index (χ3v) is 6.20. The Morgan fingerprint density at radius 3 is 2.29 bits per heavy atom. The second kappa shape index (κ2) is 12.2. The van der Waals surface area contributed by atoms with E-state index in [9.17, 15) is 14.4 Å². The van der Waals surface area contributed by atoms with Gasteiger partial charge in [-0.25, -0.2) is 0 Å². The van der Waals surface area contributed by atoms with Gasteiger partial charge < -0.3 is 25.0 Å². The summed E-state index contributed by atoms with van der Waals surface area (Å²) in [5.74, 6) is -0.181. The van der Waals surface area contributed by atoms with E-state index in [2.05, 4.69) is 10.6 Å². The Morgan fingerprint density at radius 2 is 1.65 bits per heavy atom. The van der Waals surface area contributed by atoms with Gasteiger partial charge in [-0.05, 0) is 49.4 Å². The lowest BCUT2D eigenvalue weighted by Gasteiger charge is -2.36. The van der Waals surface area contributed by atoms with Crippen molar-refractivity contribution in [2.75, 3.05) is 40.5 Å². The molecule has 0 aromatic heterocycles. The van der Waals surface area contributed by atoms with Crippen molar-refractivity contribution in [1.29, 1.82) is 0 Å². The number of benzene rings is 2. The number of ether oxygens (including phenoxy) is 2. The molecule has 1 saturated heterocycles. The van der Waals surface area contributed by atoms with E-state index in [0.29, 0.717) is 56.0 Å². The highest BCUT2D eigenvalue weighted by molar-refractivity contribution is 5.99. The minimum absolute atomic E-state index is 0.0963. The Kier molecular flexibility index (Phi) is 9.04. The van der Waals surface area contributed by atoms with Crippen LogP contribution < -0.4 is 15.4 Å². The van der Waals surface area contributed by atoms with E-state index in [0.717, 1.165) is 5.56 Å². The van der Waals surface area contributed by atoms with E-state index in [-0.39, 0.29) is 23.6 Å². The number of nitrogens with zero attached hydrogens (tertiary/aromatic N) is 1. The smallest absolute Gasteiger partial charge is 0.257 e. The average molecular weight is 468 g/mol. The number of piperidine rings is 1. The molecule has 2 aromatic carbocycles. The van der Waals surface area contributed by atoms with Gasteiger partial charge in [-0.3, -0.25) is 14.4 Å². The van der Waals surface area contributed by atoms with Crippen LogP contribution in [0.5, 0.6) is 5.75 Å². The summed E-state index contributed by atoms with van der Waals surface area (Å²) in [4.78, 5) is 40.8. The first-order valence-electron chi connectivity index (χ1n) is 11.5.